The van der Waals surface area contributed by atoms with Crippen LogP contribution < -0.4 is 5.32 Å². The van der Waals surface area contributed by atoms with E-state index in [0.29, 0.717) is 6.42 Å². The van der Waals surface area contributed by atoms with Crippen molar-refractivity contribution in [2.24, 2.45) is 0 Å². The second kappa shape index (κ2) is 6.14. The fraction of sp³-hybridized carbons (Fsp3) is 0.385. The first-order valence-corrected chi connectivity index (χ1v) is 6.50. The summed E-state index contributed by atoms with van der Waals surface area (Å²) < 4.78 is 13.6. The van der Waals surface area contributed by atoms with Gasteiger partial charge >= 0.3 is 5.97 Å². The molecule has 0 spiro atoms. The minimum absolute atomic E-state index is 0.0397. The zero-order valence-corrected chi connectivity index (χ0v) is 12.3. The highest BCUT2D eigenvalue weighted by atomic mass is 79.9. The predicted octanol–water partition coefficient (Wildman–Crippen LogP) is 2.96. The number of nitrogens with one attached hydrogen (secondary N) is 1. The Labute approximate surface area is 119 Å². The molecule has 1 aromatic rings. The lowest BCUT2D eigenvalue weighted by Gasteiger charge is -2.25. The van der Waals surface area contributed by atoms with E-state index in [1.54, 1.807) is 13.8 Å². The summed E-state index contributed by atoms with van der Waals surface area (Å²) in [7, 11) is 0. The van der Waals surface area contributed by atoms with Crippen molar-refractivity contribution in [1.82, 2.24) is 5.32 Å². The van der Waals surface area contributed by atoms with Crippen LogP contribution in [0.1, 0.15) is 37.0 Å². The van der Waals surface area contributed by atoms with E-state index in [-0.39, 0.29) is 16.5 Å². The van der Waals surface area contributed by atoms with Gasteiger partial charge in [-0.3, -0.25) is 9.59 Å². The van der Waals surface area contributed by atoms with Crippen molar-refractivity contribution in [2.45, 2.75) is 32.2 Å². The van der Waals surface area contributed by atoms with Gasteiger partial charge in [-0.25, -0.2) is 4.39 Å². The Bertz CT molecular complexity index is 503. The Hall–Kier alpha value is -1.43. The average molecular weight is 332 g/mol. The molecule has 0 saturated carbocycles. The highest BCUT2D eigenvalue weighted by Crippen LogP contribution is 2.18. The summed E-state index contributed by atoms with van der Waals surface area (Å²) in [5.74, 6) is -1.87. The van der Waals surface area contributed by atoms with Crippen molar-refractivity contribution in [3.63, 3.8) is 0 Å². The monoisotopic (exact) mass is 331 g/mol. The van der Waals surface area contributed by atoms with Crippen LogP contribution in [0.3, 0.4) is 0 Å². The van der Waals surface area contributed by atoms with Crippen LogP contribution in [0.25, 0.3) is 0 Å². The van der Waals surface area contributed by atoms with Crippen molar-refractivity contribution in [2.75, 3.05) is 0 Å². The van der Waals surface area contributed by atoms with Crippen LogP contribution in [-0.2, 0) is 4.79 Å². The molecule has 0 heterocycles. The fourth-order valence-corrected chi connectivity index (χ4v) is 1.75. The van der Waals surface area contributed by atoms with E-state index < -0.39 is 23.2 Å². The SMILES string of the molecule is CC(C)(CCC(=O)O)NC(=O)c1ccc(Br)c(F)c1. The molecule has 0 saturated heterocycles. The summed E-state index contributed by atoms with van der Waals surface area (Å²) in [6.07, 6.45) is 0.259. The molecule has 104 valence electrons. The molecule has 0 aromatic heterocycles. The van der Waals surface area contributed by atoms with E-state index in [1.165, 1.54) is 12.1 Å². The standard InChI is InChI=1S/C13H15BrFNO3/c1-13(2,6-5-11(17)18)16-12(19)8-3-4-9(14)10(15)7-8/h3-4,7H,5-6H2,1-2H3,(H,16,19)(H,17,18). The summed E-state index contributed by atoms with van der Waals surface area (Å²) in [6.45, 7) is 3.45. The molecule has 2 N–H and O–H groups in total. The average Bonchev–Trinajstić information content (AvgIpc) is 2.29. The molecule has 1 rings (SSSR count). The first kappa shape index (κ1) is 15.6. The van der Waals surface area contributed by atoms with Crippen molar-refractivity contribution < 1.29 is 19.1 Å². The van der Waals surface area contributed by atoms with Crippen LogP contribution >= 0.6 is 15.9 Å². The molecule has 0 fully saturated rings. The Morgan fingerprint density at radius 2 is 2.05 bits per heavy atom. The van der Waals surface area contributed by atoms with E-state index >= 15 is 0 Å². The van der Waals surface area contributed by atoms with Gasteiger partial charge in [0.2, 0.25) is 0 Å². The molecule has 0 radical (unpaired) electrons. The summed E-state index contributed by atoms with van der Waals surface area (Å²) in [5.41, 5.74) is -0.469. The minimum atomic E-state index is -0.919. The summed E-state index contributed by atoms with van der Waals surface area (Å²) in [4.78, 5) is 22.4. The number of aliphatic carboxylic acids is 1. The maximum Gasteiger partial charge on any atom is 0.303 e. The molecular weight excluding hydrogens is 317 g/mol. The molecule has 1 aromatic carbocycles. The second-order valence-corrected chi connectivity index (χ2v) is 5.71. The number of carboxylic acids is 1. The van der Waals surface area contributed by atoms with Gasteiger partial charge in [0.15, 0.2) is 0 Å². The van der Waals surface area contributed by atoms with E-state index in [2.05, 4.69) is 21.2 Å². The van der Waals surface area contributed by atoms with Gasteiger partial charge in [-0.15, -0.1) is 0 Å². The van der Waals surface area contributed by atoms with Gasteiger partial charge in [-0.2, -0.15) is 0 Å². The quantitative estimate of drug-likeness (QED) is 0.871. The van der Waals surface area contributed by atoms with Crippen LogP contribution in [0, 0.1) is 5.82 Å². The Morgan fingerprint density at radius 3 is 2.58 bits per heavy atom. The third-order valence-corrected chi connectivity index (χ3v) is 3.24. The number of carbonyl (C=O) groups is 2. The van der Waals surface area contributed by atoms with Gasteiger partial charge in [-0.1, -0.05) is 0 Å². The van der Waals surface area contributed by atoms with Gasteiger partial charge in [0.05, 0.1) is 4.47 Å². The fourth-order valence-electron chi connectivity index (χ4n) is 1.50. The zero-order chi connectivity index (χ0) is 14.6. The molecule has 0 aliphatic heterocycles. The number of amides is 1. The largest absolute Gasteiger partial charge is 0.481 e. The van der Waals surface area contributed by atoms with E-state index in [0.717, 1.165) is 6.07 Å². The highest BCUT2D eigenvalue weighted by molar-refractivity contribution is 9.10. The zero-order valence-electron chi connectivity index (χ0n) is 10.7. The molecule has 0 atom stereocenters. The third-order valence-electron chi connectivity index (χ3n) is 2.60. The topological polar surface area (TPSA) is 66.4 Å². The molecule has 0 unspecified atom stereocenters. The van der Waals surface area contributed by atoms with Crippen molar-refractivity contribution in [3.05, 3.63) is 34.1 Å². The lowest BCUT2D eigenvalue weighted by molar-refractivity contribution is -0.137. The minimum Gasteiger partial charge on any atom is -0.481 e. The lowest BCUT2D eigenvalue weighted by Crippen LogP contribution is -2.43. The van der Waals surface area contributed by atoms with Crippen molar-refractivity contribution in [3.8, 4) is 0 Å². The predicted molar refractivity (Wildman–Crippen MR) is 72.5 cm³/mol. The number of carbonyl (C=O) groups excluding carboxylic acids is 1. The number of halogens is 2. The van der Waals surface area contributed by atoms with Gasteiger partial charge in [-0.05, 0) is 54.4 Å². The number of hydrogen-bond acceptors (Lipinski definition) is 2. The van der Waals surface area contributed by atoms with Crippen LogP contribution in [0.15, 0.2) is 22.7 Å². The molecular formula is C13H15BrFNO3. The first-order valence-electron chi connectivity index (χ1n) is 5.70. The van der Waals surface area contributed by atoms with Gasteiger partial charge in [0, 0.05) is 17.5 Å². The Kier molecular flexibility index (Phi) is 5.05. The Morgan fingerprint density at radius 1 is 1.42 bits per heavy atom. The third kappa shape index (κ3) is 4.98. The van der Waals surface area contributed by atoms with E-state index in [4.69, 9.17) is 5.11 Å². The summed E-state index contributed by atoms with van der Waals surface area (Å²) >= 11 is 3.01. The van der Waals surface area contributed by atoms with Crippen LogP contribution in [-0.4, -0.2) is 22.5 Å². The summed E-state index contributed by atoms with van der Waals surface area (Å²) in [5, 5.41) is 11.3. The molecule has 1 amide bonds. The first-order chi connectivity index (χ1) is 8.71. The van der Waals surface area contributed by atoms with Crippen molar-refractivity contribution >= 4 is 27.8 Å². The number of carboxylic acid groups (broad SMARTS) is 1. The van der Waals surface area contributed by atoms with Crippen LogP contribution in [0.2, 0.25) is 0 Å². The molecule has 6 heteroatoms. The van der Waals surface area contributed by atoms with Crippen molar-refractivity contribution in [1.29, 1.82) is 0 Å². The molecule has 19 heavy (non-hydrogen) atoms. The van der Waals surface area contributed by atoms with Gasteiger partial charge in [0.25, 0.3) is 5.91 Å². The number of hydrogen-bond donors (Lipinski definition) is 2. The highest BCUT2D eigenvalue weighted by Gasteiger charge is 2.22. The maximum absolute atomic E-state index is 13.3. The van der Waals surface area contributed by atoms with Crippen LogP contribution in [0.4, 0.5) is 4.39 Å². The molecule has 4 nitrogen and oxygen atoms in total. The van der Waals surface area contributed by atoms with E-state index in [9.17, 15) is 14.0 Å². The van der Waals surface area contributed by atoms with Crippen LogP contribution in [0.5, 0.6) is 0 Å². The normalized spacial score (nSPS) is 11.2. The van der Waals surface area contributed by atoms with Gasteiger partial charge in [0.1, 0.15) is 5.82 Å². The molecule has 0 aliphatic carbocycles. The Balaban J connectivity index is 2.72. The van der Waals surface area contributed by atoms with Gasteiger partial charge < -0.3 is 10.4 Å². The molecule has 0 bridgehead atoms. The summed E-state index contributed by atoms with van der Waals surface area (Å²) in [6, 6.07) is 4.08. The second-order valence-electron chi connectivity index (χ2n) is 4.86. The molecule has 0 aliphatic rings. The van der Waals surface area contributed by atoms with E-state index in [1.807, 2.05) is 0 Å². The lowest BCUT2D eigenvalue weighted by atomic mass is 9.98. The number of benzene rings is 1. The smallest absolute Gasteiger partial charge is 0.303 e. The maximum atomic E-state index is 13.3. The number of rotatable bonds is 5.